The Kier molecular flexibility index (Phi) is 7.84. The lowest BCUT2D eigenvalue weighted by atomic mass is 9.77. The number of halogens is 1. The molecule has 1 unspecified atom stereocenters. The molecule has 180 valence electrons. The van der Waals surface area contributed by atoms with Gasteiger partial charge in [0, 0.05) is 28.4 Å². The van der Waals surface area contributed by atoms with Crippen molar-refractivity contribution in [2.24, 2.45) is 0 Å². The van der Waals surface area contributed by atoms with Crippen molar-refractivity contribution in [1.82, 2.24) is 5.32 Å². The zero-order valence-electron chi connectivity index (χ0n) is 19.6. The van der Waals surface area contributed by atoms with E-state index in [2.05, 4.69) is 16.7 Å². The highest BCUT2D eigenvalue weighted by Gasteiger charge is 2.37. The molecule has 2 aromatic rings. The number of Topliss-reactive ketones (excluding diaryl/α,β-unsaturated/α-hetero) is 1. The first kappa shape index (κ1) is 24.9. The van der Waals surface area contributed by atoms with Crippen molar-refractivity contribution in [2.45, 2.75) is 39.0 Å². The third-order valence-electron chi connectivity index (χ3n) is 6.01. The van der Waals surface area contributed by atoms with Crippen LogP contribution in [0.5, 0.6) is 5.75 Å². The molecular weight excluding hydrogens is 482 g/mol. The predicted molar refractivity (Wildman–Crippen MR) is 139 cm³/mol. The Hall–Kier alpha value is -3.21. The Balaban J connectivity index is 1.61. The van der Waals surface area contributed by atoms with E-state index >= 15 is 0 Å². The number of dihydropyridines is 1. The van der Waals surface area contributed by atoms with Gasteiger partial charge in [0.2, 0.25) is 5.91 Å². The van der Waals surface area contributed by atoms with Crippen molar-refractivity contribution in [3.8, 4) is 11.8 Å². The van der Waals surface area contributed by atoms with Crippen LogP contribution < -0.4 is 15.4 Å². The van der Waals surface area contributed by atoms with Crippen molar-refractivity contribution >= 4 is 40.7 Å². The maximum atomic E-state index is 12.9. The SMILES string of the molecule is CCOc1ccc(C2C(C#N)=C(SCC(=O)Nc3cc(Cl)ccc3C)NC3=C2C(=O)CCC3)cc1. The molecule has 2 aromatic carbocycles. The number of amides is 1. The van der Waals surface area contributed by atoms with Crippen molar-refractivity contribution < 1.29 is 14.3 Å². The van der Waals surface area contributed by atoms with Crippen LogP contribution in [0, 0.1) is 18.3 Å². The number of anilines is 1. The summed E-state index contributed by atoms with van der Waals surface area (Å²) in [5, 5.41) is 17.5. The first-order valence-electron chi connectivity index (χ1n) is 11.5. The molecule has 0 radical (unpaired) electrons. The van der Waals surface area contributed by atoms with Crippen LogP contribution in [0.25, 0.3) is 0 Å². The minimum absolute atomic E-state index is 0.0589. The summed E-state index contributed by atoms with van der Waals surface area (Å²) in [4.78, 5) is 25.7. The van der Waals surface area contributed by atoms with Crippen molar-refractivity contribution in [2.75, 3.05) is 17.7 Å². The van der Waals surface area contributed by atoms with Crippen molar-refractivity contribution in [1.29, 1.82) is 5.26 Å². The third kappa shape index (κ3) is 5.55. The number of nitrogens with one attached hydrogen (secondary N) is 2. The summed E-state index contributed by atoms with van der Waals surface area (Å²) in [6.07, 6.45) is 1.96. The zero-order chi connectivity index (χ0) is 24.9. The van der Waals surface area contributed by atoms with E-state index in [-0.39, 0.29) is 17.4 Å². The fraction of sp³-hybridized carbons (Fsp3) is 0.296. The van der Waals surface area contributed by atoms with Crippen LogP contribution in [-0.4, -0.2) is 24.1 Å². The van der Waals surface area contributed by atoms with Gasteiger partial charge >= 0.3 is 0 Å². The second kappa shape index (κ2) is 11.0. The van der Waals surface area contributed by atoms with Crippen molar-refractivity contribution in [3.63, 3.8) is 0 Å². The summed E-state index contributed by atoms with van der Waals surface area (Å²) in [5.41, 5.74) is 4.36. The second-order valence-electron chi connectivity index (χ2n) is 8.38. The van der Waals surface area contributed by atoms with Gasteiger partial charge < -0.3 is 15.4 Å². The van der Waals surface area contributed by atoms with Gasteiger partial charge in [-0.1, -0.05) is 41.6 Å². The summed E-state index contributed by atoms with van der Waals surface area (Å²) >= 11 is 7.33. The number of ketones is 1. The van der Waals surface area contributed by atoms with Crippen LogP contribution >= 0.6 is 23.4 Å². The van der Waals surface area contributed by atoms with Gasteiger partial charge in [0.05, 0.1) is 34.9 Å². The lowest BCUT2D eigenvalue weighted by Crippen LogP contribution is -2.31. The number of nitrogens with zero attached hydrogens (tertiary/aromatic N) is 1. The summed E-state index contributed by atoms with van der Waals surface area (Å²) in [5.74, 6) is 0.221. The monoisotopic (exact) mass is 507 g/mol. The van der Waals surface area contributed by atoms with E-state index in [1.807, 2.05) is 44.2 Å². The molecule has 1 atom stereocenters. The van der Waals surface area contributed by atoms with Gasteiger partial charge in [-0.25, -0.2) is 0 Å². The normalized spacial score (nSPS) is 17.4. The van der Waals surface area contributed by atoms with Gasteiger partial charge in [-0.15, -0.1) is 0 Å². The number of ether oxygens (including phenoxy) is 1. The molecule has 8 heteroatoms. The van der Waals surface area contributed by atoms with Gasteiger partial charge in [-0.05, 0) is 62.1 Å². The Morgan fingerprint density at radius 3 is 2.74 bits per heavy atom. The molecule has 0 spiro atoms. The van der Waals surface area contributed by atoms with Crippen LogP contribution in [0.4, 0.5) is 5.69 Å². The molecule has 0 fully saturated rings. The number of benzene rings is 2. The summed E-state index contributed by atoms with van der Waals surface area (Å²) < 4.78 is 5.55. The number of thioether (sulfide) groups is 1. The van der Waals surface area contributed by atoms with Crippen molar-refractivity contribution in [3.05, 3.63) is 80.5 Å². The molecule has 2 aliphatic rings. The van der Waals surface area contributed by atoms with Crippen LogP contribution in [-0.2, 0) is 9.59 Å². The van der Waals surface area contributed by atoms with E-state index in [1.54, 1.807) is 12.1 Å². The van der Waals surface area contributed by atoms with Gasteiger partial charge in [-0.2, -0.15) is 5.26 Å². The fourth-order valence-corrected chi connectivity index (χ4v) is 5.38. The highest BCUT2D eigenvalue weighted by atomic mass is 35.5. The molecule has 1 aliphatic carbocycles. The Morgan fingerprint density at radius 1 is 1.26 bits per heavy atom. The molecule has 0 saturated heterocycles. The second-order valence-corrected chi connectivity index (χ2v) is 9.80. The number of carbonyl (C=O) groups excluding carboxylic acids is 2. The maximum absolute atomic E-state index is 12.9. The number of nitriles is 1. The zero-order valence-corrected chi connectivity index (χ0v) is 21.2. The van der Waals surface area contributed by atoms with E-state index in [1.165, 1.54) is 11.8 Å². The third-order valence-corrected chi connectivity index (χ3v) is 7.26. The van der Waals surface area contributed by atoms with E-state index < -0.39 is 5.92 Å². The predicted octanol–water partition coefficient (Wildman–Crippen LogP) is 5.85. The molecule has 35 heavy (non-hydrogen) atoms. The molecular formula is C27H26ClN3O3S. The average molecular weight is 508 g/mol. The molecule has 1 heterocycles. The quantitative estimate of drug-likeness (QED) is 0.488. The van der Waals surface area contributed by atoms with E-state index in [0.29, 0.717) is 39.9 Å². The molecule has 4 rings (SSSR count). The van der Waals surface area contributed by atoms with Crippen LogP contribution in [0.1, 0.15) is 43.2 Å². The van der Waals surface area contributed by atoms with Crippen LogP contribution in [0.15, 0.2) is 64.3 Å². The number of carbonyl (C=O) groups is 2. The molecule has 0 saturated carbocycles. The smallest absolute Gasteiger partial charge is 0.234 e. The van der Waals surface area contributed by atoms with Crippen LogP contribution in [0.3, 0.4) is 0 Å². The first-order valence-corrected chi connectivity index (χ1v) is 12.9. The molecule has 0 aromatic heterocycles. The maximum Gasteiger partial charge on any atom is 0.234 e. The first-order chi connectivity index (χ1) is 16.9. The van der Waals surface area contributed by atoms with Gasteiger partial charge in [0.15, 0.2) is 5.78 Å². The highest BCUT2D eigenvalue weighted by molar-refractivity contribution is 8.03. The Morgan fingerprint density at radius 2 is 2.03 bits per heavy atom. The number of aryl methyl sites for hydroxylation is 1. The molecule has 1 amide bonds. The lowest BCUT2D eigenvalue weighted by molar-refractivity contribution is -0.116. The Bertz CT molecular complexity index is 1260. The molecule has 1 aliphatic heterocycles. The Labute approximate surface area is 214 Å². The lowest BCUT2D eigenvalue weighted by Gasteiger charge is -2.33. The summed E-state index contributed by atoms with van der Waals surface area (Å²) in [6.45, 7) is 4.37. The van der Waals surface area contributed by atoms with Gasteiger partial charge in [0.25, 0.3) is 0 Å². The van der Waals surface area contributed by atoms with Gasteiger partial charge in [0.1, 0.15) is 5.75 Å². The molecule has 6 nitrogen and oxygen atoms in total. The largest absolute Gasteiger partial charge is 0.494 e. The number of hydrogen-bond donors (Lipinski definition) is 2. The summed E-state index contributed by atoms with van der Waals surface area (Å²) in [7, 11) is 0. The molecule has 0 bridgehead atoms. The summed E-state index contributed by atoms with van der Waals surface area (Å²) in [6, 6.07) is 15.2. The van der Waals surface area contributed by atoms with Gasteiger partial charge in [-0.3, -0.25) is 9.59 Å². The molecule has 2 N–H and O–H groups in total. The average Bonchev–Trinajstić information content (AvgIpc) is 2.85. The number of rotatable bonds is 7. The minimum Gasteiger partial charge on any atom is -0.494 e. The van der Waals surface area contributed by atoms with Crippen LogP contribution in [0.2, 0.25) is 5.02 Å². The number of hydrogen-bond acceptors (Lipinski definition) is 6. The van der Waals surface area contributed by atoms with E-state index in [9.17, 15) is 14.9 Å². The topological polar surface area (TPSA) is 91.2 Å². The standard InChI is InChI=1S/C27H26ClN3O3S/c1-3-34-19-11-8-17(9-12-19)25-20(14-29)27(31-21-5-4-6-23(32)26(21)25)35-15-24(33)30-22-13-18(28)10-7-16(22)2/h7-13,25,31H,3-6,15H2,1-2H3,(H,30,33). The van der Waals surface area contributed by atoms with E-state index in [0.717, 1.165) is 35.4 Å². The minimum atomic E-state index is -0.472. The van der Waals surface area contributed by atoms with E-state index in [4.69, 9.17) is 16.3 Å². The number of allylic oxidation sites excluding steroid dienone is 3. The fourth-order valence-electron chi connectivity index (χ4n) is 4.35. The highest BCUT2D eigenvalue weighted by Crippen LogP contribution is 2.44.